The number of unbranched alkanes of at least 4 members (excludes halogenated alkanes) is 20. The standard InChI is InChI=1S/C58H99NO8/c1-3-5-7-9-11-13-15-17-19-21-22-23-24-25-26-27-28-29-30-32-34-36-38-40-42-44-46-48-54(62)59-51(50-66-58-57(65)56(64)55(63)53(49-60)67-58)52(61)47-45-43-41-39-37-35-33-31-20-18-16-14-12-10-8-6-4-2/h5,7,11,13,17,19,22-23,25-26,28-29,32,34,45,47,51-53,55-58,60-61,63-65H,3-4,6,8-10,12,14-16,18,20-21,24,27,30-31,33,35-44,46,48-50H2,1-2H3,(H,59,62)/b7-5-,13-11-,19-17-,23-22-,26-25-,29-28-,34-32-,47-45+. The summed E-state index contributed by atoms with van der Waals surface area (Å²) in [6, 6.07) is -0.822. The predicted molar refractivity (Wildman–Crippen MR) is 281 cm³/mol. The van der Waals surface area contributed by atoms with Gasteiger partial charge in [-0.15, -0.1) is 0 Å². The number of hydrogen-bond donors (Lipinski definition) is 6. The van der Waals surface area contributed by atoms with Gasteiger partial charge in [0.25, 0.3) is 0 Å². The van der Waals surface area contributed by atoms with Gasteiger partial charge in [-0.1, -0.05) is 220 Å². The van der Waals surface area contributed by atoms with Crippen LogP contribution in [0.3, 0.4) is 0 Å². The Hall–Kier alpha value is -2.89. The minimum absolute atomic E-state index is 0.199. The third kappa shape index (κ3) is 36.7. The molecular weight excluding hydrogens is 839 g/mol. The molecule has 1 heterocycles. The van der Waals surface area contributed by atoms with Gasteiger partial charge in [0.1, 0.15) is 24.4 Å². The number of amides is 1. The van der Waals surface area contributed by atoms with E-state index in [0.717, 1.165) is 103 Å². The van der Waals surface area contributed by atoms with E-state index in [4.69, 9.17) is 9.47 Å². The van der Waals surface area contributed by atoms with Gasteiger partial charge in [-0.3, -0.25) is 4.79 Å². The average molecular weight is 938 g/mol. The Bertz CT molecular complexity index is 1370. The van der Waals surface area contributed by atoms with E-state index >= 15 is 0 Å². The molecule has 1 saturated heterocycles. The molecule has 1 fully saturated rings. The monoisotopic (exact) mass is 938 g/mol. The Kier molecular flexibility index (Phi) is 43.4. The number of rotatable bonds is 44. The fourth-order valence-electron chi connectivity index (χ4n) is 7.90. The van der Waals surface area contributed by atoms with E-state index in [-0.39, 0.29) is 12.5 Å². The number of carbonyl (C=O) groups is 1. The lowest BCUT2D eigenvalue weighted by Gasteiger charge is -2.40. The van der Waals surface area contributed by atoms with Gasteiger partial charge in [0, 0.05) is 6.42 Å². The second kappa shape index (κ2) is 46.8. The van der Waals surface area contributed by atoms with Crippen LogP contribution < -0.4 is 5.32 Å². The molecule has 0 spiro atoms. The Morgan fingerprint density at radius 1 is 0.522 bits per heavy atom. The molecular formula is C58H99NO8. The molecule has 1 aliphatic rings. The smallest absolute Gasteiger partial charge is 0.220 e. The van der Waals surface area contributed by atoms with Gasteiger partial charge in [0.05, 0.1) is 25.4 Å². The molecule has 0 aliphatic carbocycles. The maximum Gasteiger partial charge on any atom is 0.220 e. The molecule has 7 atom stereocenters. The molecule has 1 aliphatic heterocycles. The van der Waals surface area contributed by atoms with Crippen molar-refractivity contribution in [1.29, 1.82) is 0 Å². The molecule has 1 rings (SSSR count). The van der Waals surface area contributed by atoms with Crippen LogP contribution >= 0.6 is 0 Å². The fraction of sp³-hybridized carbons (Fsp3) is 0.707. The number of aliphatic hydroxyl groups excluding tert-OH is 5. The predicted octanol–water partition coefficient (Wildman–Crippen LogP) is 12.8. The molecule has 6 N–H and O–H groups in total. The van der Waals surface area contributed by atoms with E-state index in [2.05, 4.69) is 104 Å². The van der Waals surface area contributed by atoms with Crippen molar-refractivity contribution in [3.8, 4) is 0 Å². The molecule has 67 heavy (non-hydrogen) atoms. The number of carbonyl (C=O) groups excluding carboxylic acids is 1. The van der Waals surface area contributed by atoms with Gasteiger partial charge >= 0.3 is 0 Å². The van der Waals surface area contributed by atoms with E-state index in [9.17, 15) is 30.3 Å². The van der Waals surface area contributed by atoms with Crippen LogP contribution in [0.4, 0.5) is 0 Å². The second-order valence-electron chi connectivity index (χ2n) is 18.3. The third-order valence-corrected chi connectivity index (χ3v) is 12.2. The topological polar surface area (TPSA) is 149 Å². The normalized spacial score (nSPS) is 20.5. The van der Waals surface area contributed by atoms with E-state index in [1.54, 1.807) is 6.08 Å². The van der Waals surface area contributed by atoms with Crippen molar-refractivity contribution in [2.75, 3.05) is 13.2 Å². The average Bonchev–Trinajstić information content (AvgIpc) is 3.33. The summed E-state index contributed by atoms with van der Waals surface area (Å²) in [5, 5.41) is 54.4. The zero-order chi connectivity index (χ0) is 48.7. The summed E-state index contributed by atoms with van der Waals surface area (Å²) < 4.78 is 11.2. The van der Waals surface area contributed by atoms with Crippen molar-refractivity contribution in [3.05, 3.63) is 97.2 Å². The zero-order valence-corrected chi connectivity index (χ0v) is 42.4. The lowest BCUT2D eigenvalue weighted by Crippen LogP contribution is -2.60. The summed E-state index contributed by atoms with van der Waals surface area (Å²) in [7, 11) is 0. The van der Waals surface area contributed by atoms with Gasteiger partial charge in [-0.05, 0) is 77.0 Å². The highest BCUT2D eigenvalue weighted by atomic mass is 16.7. The summed E-state index contributed by atoms with van der Waals surface area (Å²) in [6.45, 7) is 3.65. The van der Waals surface area contributed by atoms with Gasteiger partial charge in [0.15, 0.2) is 6.29 Å². The number of ether oxygens (including phenoxy) is 2. The third-order valence-electron chi connectivity index (χ3n) is 12.2. The quantitative estimate of drug-likeness (QED) is 0.0261. The Morgan fingerprint density at radius 2 is 0.925 bits per heavy atom. The molecule has 0 bridgehead atoms. The summed E-state index contributed by atoms with van der Waals surface area (Å²) in [6.07, 6.45) is 60.2. The second-order valence-corrected chi connectivity index (χ2v) is 18.3. The molecule has 1 amide bonds. The Balaban J connectivity index is 2.30. The van der Waals surface area contributed by atoms with Gasteiger partial charge in [0.2, 0.25) is 5.91 Å². The van der Waals surface area contributed by atoms with E-state index in [1.165, 1.54) is 83.5 Å². The van der Waals surface area contributed by atoms with Crippen LogP contribution in [0.5, 0.6) is 0 Å². The highest BCUT2D eigenvalue weighted by Crippen LogP contribution is 2.23. The molecule has 0 saturated carbocycles. The van der Waals surface area contributed by atoms with Crippen molar-refractivity contribution < 1.29 is 39.8 Å². The van der Waals surface area contributed by atoms with Crippen LogP contribution in [0.1, 0.15) is 206 Å². The van der Waals surface area contributed by atoms with Crippen LogP contribution in [0, 0.1) is 0 Å². The molecule has 9 heteroatoms. The van der Waals surface area contributed by atoms with Crippen molar-refractivity contribution in [1.82, 2.24) is 5.32 Å². The van der Waals surface area contributed by atoms with Crippen LogP contribution in [-0.2, 0) is 14.3 Å². The fourth-order valence-corrected chi connectivity index (χ4v) is 7.90. The van der Waals surface area contributed by atoms with Gasteiger partial charge < -0.3 is 40.3 Å². The van der Waals surface area contributed by atoms with Crippen LogP contribution in [0.2, 0.25) is 0 Å². The van der Waals surface area contributed by atoms with E-state index in [1.807, 2.05) is 6.08 Å². The molecule has 9 nitrogen and oxygen atoms in total. The van der Waals surface area contributed by atoms with E-state index < -0.39 is 49.5 Å². The molecule has 0 radical (unpaired) electrons. The number of hydrogen-bond acceptors (Lipinski definition) is 8. The first-order chi connectivity index (χ1) is 32.8. The lowest BCUT2D eigenvalue weighted by atomic mass is 9.99. The number of nitrogens with one attached hydrogen (secondary N) is 1. The highest BCUT2D eigenvalue weighted by Gasteiger charge is 2.44. The SMILES string of the molecule is CC/C=C\C/C=C\C/C=C\C/C=C\C/C=C\C/C=C\C/C=C\CCCCCCCC(=O)NC(COC1OC(CO)C(O)C(O)C1O)C(O)/C=C/CCCCCCCCCCCCCCCCC. The Morgan fingerprint density at radius 3 is 1.37 bits per heavy atom. The van der Waals surface area contributed by atoms with Crippen molar-refractivity contribution >= 4 is 5.91 Å². The summed E-state index contributed by atoms with van der Waals surface area (Å²) in [5.41, 5.74) is 0. The van der Waals surface area contributed by atoms with Crippen molar-refractivity contribution in [2.45, 2.75) is 249 Å². The first-order valence-corrected chi connectivity index (χ1v) is 27.0. The van der Waals surface area contributed by atoms with Gasteiger partial charge in [-0.2, -0.15) is 0 Å². The molecule has 0 aromatic carbocycles. The lowest BCUT2D eigenvalue weighted by molar-refractivity contribution is -0.302. The van der Waals surface area contributed by atoms with Gasteiger partial charge in [-0.25, -0.2) is 0 Å². The minimum atomic E-state index is -1.58. The number of aliphatic hydroxyl groups is 5. The van der Waals surface area contributed by atoms with Crippen LogP contribution in [0.15, 0.2) is 97.2 Å². The van der Waals surface area contributed by atoms with Crippen molar-refractivity contribution in [2.24, 2.45) is 0 Å². The van der Waals surface area contributed by atoms with Crippen molar-refractivity contribution in [3.63, 3.8) is 0 Å². The minimum Gasteiger partial charge on any atom is -0.394 e. The van der Waals surface area contributed by atoms with Crippen LogP contribution in [0.25, 0.3) is 0 Å². The summed E-state index contributed by atoms with van der Waals surface area (Å²) in [5.74, 6) is -0.199. The Labute approximate surface area is 409 Å². The number of allylic oxidation sites excluding steroid dienone is 15. The molecule has 0 aromatic rings. The van der Waals surface area contributed by atoms with E-state index in [0.29, 0.717) is 6.42 Å². The largest absolute Gasteiger partial charge is 0.394 e. The molecule has 7 unspecified atom stereocenters. The summed E-state index contributed by atoms with van der Waals surface area (Å²) in [4.78, 5) is 13.0. The first kappa shape index (κ1) is 62.1. The maximum absolute atomic E-state index is 13.0. The highest BCUT2D eigenvalue weighted by molar-refractivity contribution is 5.76. The van der Waals surface area contributed by atoms with Crippen LogP contribution in [-0.4, -0.2) is 87.5 Å². The zero-order valence-electron chi connectivity index (χ0n) is 42.4. The first-order valence-electron chi connectivity index (χ1n) is 27.0. The summed E-state index contributed by atoms with van der Waals surface area (Å²) >= 11 is 0. The molecule has 0 aromatic heterocycles. The molecule has 384 valence electrons. The maximum atomic E-state index is 13.0.